The largest absolute Gasteiger partial charge is 0.497 e. The van der Waals surface area contributed by atoms with Crippen molar-refractivity contribution in [3.05, 3.63) is 59.7 Å². The van der Waals surface area contributed by atoms with E-state index in [0.717, 1.165) is 108 Å². The zero-order chi connectivity index (χ0) is 53.7. The second kappa shape index (κ2) is 34.2. The number of aliphatic hydroxyl groups excluding tert-OH is 1. The second-order valence-corrected chi connectivity index (χ2v) is 27.2. The number of hydrogen-bond donors (Lipinski definition) is 3. The molecule has 73 heavy (non-hydrogen) atoms. The van der Waals surface area contributed by atoms with Crippen molar-refractivity contribution in [2.45, 2.75) is 243 Å². The highest BCUT2D eigenvalue weighted by Crippen LogP contribution is 2.38. The number of rotatable bonds is 38. The smallest absolute Gasteiger partial charge is 0.397 e. The van der Waals surface area contributed by atoms with Crippen molar-refractivity contribution in [2.24, 2.45) is 0 Å². The molecule has 0 spiro atoms. The van der Waals surface area contributed by atoms with Gasteiger partial charge in [-0.3, -0.25) is 18.9 Å². The number of methoxy groups -OCH3 is 2. The SMILES string of the molecule is CCCCCCCCCCC[C@@H](CC(=O)N[C@H]1C(O)O[C@H](CO[Si](C)(C)C(C)(C)C)[C@@H](OS(=O)(=O)O)[C@@H]1OC(=O)CCCCCCCc1ccc(OC)cc1)OC(=O)CCCCCCCc1ccc(OC)cc1. The average molecular weight is 1060 g/mol. The number of aryl methyl sites for hydroxylation is 2. The summed E-state index contributed by atoms with van der Waals surface area (Å²) in [4.78, 5) is 41.0. The van der Waals surface area contributed by atoms with Crippen LogP contribution in [0.15, 0.2) is 48.5 Å². The van der Waals surface area contributed by atoms with Crippen LogP contribution in [0.1, 0.15) is 187 Å². The normalized spacial score (nSPS) is 18.7. The van der Waals surface area contributed by atoms with E-state index in [1.165, 1.54) is 36.8 Å². The molecule has 2 aromatic rings. The molecular weight excluding hydrogens is 971 g/mol. The molecule has 3 rings (SSSR count). The summed E-state index contributed by atoms with van der Waals surface area (Å²) in [5.41, 5.74) is 2.47. The van der Waals surface area contributed by atoms with E-state index in [4.69, 9.17) is 32.3 Å². The Labute approximate surface area is 440 Å². The van der Waals surface area contributed by atoms with E-state index in [2.05, 4.69) is 24.4 Å². The average Bonchev–Trinajstić information content (AvgIpc) is 3.33. The van der Waals surface area contributed by atoms with Crippen molar-refractivity contribution >= 4 is 36.6 Å². The van der Waals surface area contributed by atoms with Gasteiger partial charge in [0.1, 0.15) is 35.9 Å². The van der Waals surface area contributed by atoms with E-state index in [1.807, 2.05) is 70.3 Å². The number of ether oxygens (including phenoxy) is 5. The number of amides is 1. The van der Waals surface area contributed by atoms with Crippen molar-refractivity contribution in [3.63, 3.8) is 0 Å². The molecule has 17 heteroatoms. The van der Waals surface area contributed by atoms with Crippen LogP contribution in [0.25, 0.3) is 0 Å². The summed E-state index contributed by atoms with van der Waals surface area (Å²) in [6.45, 7) is 12.0. The van der Waals surface area contributed by atoms with Crippen molar-refractivity contribution in [1.29, 1.82) is 0 Å². The van der Waals surface area contributed by atoms with Gasteiger partial charge in [-0.1, -0.05) is 142 Å². The molecule has 0 aliphatic carbocycles. The summed E-state index contributed by atoms with van der Waals surface area (Å²) in [6, 6.07) is 14.5. The van der Waals surface area contributed by atoms with Gasteiger partial charge in [-0.15, -0.1) is 0 Å². The molecule has 6 atom stereocenters. The molecule has 3 N–H and O–H groups in total. The number of carbonyl (C=O) groups is 3. The molecule has 0 bridgehead atoms. The minimum Gasteiger partial charge on any atom is -0.497 e. The van der Waals surface area contributed by atoms with Gasteiger partial charge < -0.3 is 38.5 Å². The molecular formula is C56H93NO14SSi. The lowest BCUT2D eigenvalue weighted by atomic mass is 9.96. The maximum absolute atomic E-state index is 14.0. The van der Waals surface area contributed by atoms with Crippen LogP contribution >= 0.6 is 0 Å². The van der Waals surface area contributed by atoms with E-state index in [1.54, 1.807) is 14.2 Å². The fourth-order valence-corrected chi connectivity index (χ4v) is 10.3. The Morgan fingerprint density at radius 3 is 1.63 bits per heavy atom. The highest BCUT2D eigenvalue weighted by molar-refractivity contribution is 7.80. The number of unbranched alkanes of at least 4 members (excludes halogenated alkanes) is 16. The molecule has 1 aliphatic heterocycles. The molecule has 2 aromatic carbocycles. The maximum atomic E-state index is 14.0. The number of carbonyl (C=O) groups excluding carboxylic acids is 3. The number of hydrogen-bond acceptors (Lipinski definition) is 13. The zero-order valence-corrected chi connectivity index (χ0v) is 47.5. The molecule has 15 nitrogen and oxygen atoms in total. The maximum Gasteiger partial charge on any atom is 0.397 e. The number of nitrogens with one attached hydrogen (secondary N) is 1. The van der Waals surface area contributed by atoms with E-state index >= 15 is 0 Å². The summed E-state index contributed by atoms with van der Waals surface area (Å²) in [5.74, 6) is -0.111. The molecule has 0 saturated carbocycles. The minimum atomic E-state index is -5.19. The van der Waals surface area contributed by atoms with Crippen LogP contribution in [-0.2, 0) is 60.4 Å². The minimum absolute atomic E-state index is 0.0310. The van der Waals surface area contributed by atoms with Crippen LogP contribution in [-0.4, -0.2) is 102 Å². The Kier molecular flexibility index (Phi) is 29.8. The molecule has 1 fully saturated rings. The van der Waals surface area contributed by atoms with Gasteiger partial charge in [0.15, 0.2) is 20.7 Å². The Balaban J connectivity index is 1.69. The highest BCUT2D eigenvalue weighted by atomic mass is 32.3. The zero-order valence-electron chi connectivity index (χ0n) is 45.7. The first-order valence-corrected chi connectivity index (χ1v) is 31.6. The van der Waals surface area contributed by atoms with Gasteiger partial charge in [0.2, 0.25) is 5.91 Å². The van der Waals surface area contributed by atoms with Gasteiger partial charge in [0, 0.05) is 12.8 Å². The third-order valence-corrected chi connectivity index (χ3v) is 19.2. The molecule has 1 unspecified atom stereocenters. The van der Waals surface area contributed by atoms with Crippen LogP contribution in [0.5, 0.6) is 11.5 Å². The lowest BCUT2D eigenvalue weighted by Gasteiger charge is -2.45. The summed E-state index contributed by atoms with van der Waals surface area (Å²) >= 11 is 0. The standard InChI is InChI=1S/C56H93NO14SSi/c1-9-10-11-12-13-14-15-20-25-30-47(68-50(59)31-26-21-16-18-23-28-43-33-37-45(65-5)38-34-43)41-49(58)57-52-54(70-51(60)32-27-22-17-19-24-29-44-35-39-46(66-6)40-36-44)53(71-72(62,63)64)48(69-55(52)61)42-67-73(7,8)56(2,3)4/h33-40,47-48,52-55,61H,9-32,41-42H2,1-8H3,(H,57,58)(H,62,63,64)/t47-,48+,52+,53+,54+,55?/m0/s1. The van der Waals surface area contributed by atoms with Crippen LogP contribution in [0.3, 0.4) is 0 Å². The molecule has 0 radical (unpaired) electrons. The van der Waals surface area contributed by atoms with Crippen LogP contribution in [0.2, 0.25) is 18.1 Å². The lowest BCUT2D eigenvalue weighted by Crippen LogP contribution is -2.66. The Morgan fingerprint density at radius 1 is 0.685 bits per heavy atom. The van der Waals surface area contributed by atoms with Crippen LogP contribution in [0, 0.1) is 0 Å². The van der Waals surface area contributed by atoms with Gasteiger partial charge in [-0.25, -0.2) is 4.18 Å². The van der Waals surface area contributed by atoms with Crippen molar-refractivity contribution < 1.29 is 64.8 Å². The van der Waals surface area contributed by atoms with E-state index < -0.39 is 73.3 Å². The number of esters is 2. The lowest BCUT2D eigenvalue weighted by molar-refractivity contribution is -0.253. The summed E-state index contributed by atoms with van der Waals surface area (Å²) in [6.07, 6.45) is 13.3. The summed E-state index contributed by atoms with van der Waals surface area (Å²) < 4.78 is 74.8. The van der Waals surface area contributed by atoms with E-state index in [-0.39, 0.29) is 30.9 Å². The van der Waals surface area contributed by atoms with Crippen molar-refractivity contribution in [2.75, 3.05) is 20.8 Å². The van der Waals surface area contributed by atoms with Gasteiger partial charge >= 0.3 is 22.3 Å². The van der Waals surface area contributed by atoms with Gasteiger partial charge in [-0.2, -0.15) is 8.42 Å². The van der Waals surface area contributed by atoms with Crippen molar-refractivity contribution in [1.82, 2.24) is 5.32 Å². The molecule has 1 amide bonds. The first-order valence-electron chi connectivity index (χ1n) is 27.3. The molecule has 416 valence electrons. The third-order valence-electron chi connectivity index (χ3n) is 14.3. The van der Waals surface area contributed by atoms with Crippen molar-refractivity contribution in [3.8, 4) is 11.5 Å². The predicted octanol–water partition coefficient (Wildman–Crippen LogP) is 11.7. The molecule has 1 heterocycles. The first kappa shape index (κ1) is 63.7. The summed E-state index contributed by atoms with van der Waals surface area (Å²) in [5, 5.41) is 14.0. The van der Waals surface area contributed by atoms with Crippen LogP contribution in [0.4, 0.5) is 0 Å². The predicted molar refractivity (Wildman–Crippen MR) is 287 cm³/mol. The van der Waals surface area contributed by atoms with E-state index in [0.29, 0.717) is 19.3 Å². The monoisotopic (exact) mass is 1060 g/mol. The van der Waals surface area contributed by atoms with E-state index in [9.17, 15) is 32.5 Å². The third kappa shape index (κ3) is 26.2. The van der Waals surface area contributed by atoms with Gasteiger partial charge in [0.05, 0.1) is 27.2 Å². The Morgan fingerprint density at radius 2 is 1.15 bits per heavy atom. The fraction of sp³-hybridized carbons (Fsp3) is 0.732. The molecule has 1 saturated heterocycles. The fourth-order valence-electron chi connectivity index (χ4n) is 8.75. The number of benzene rings is 2. The topological polar surface area (TPSA) is 202 Å². The molecule has 1 aliphatic rings. The summed E-state index contributed by atoms with van der Waals surface area (Å²) in [7, 11) is -4.40. The Bertz CT molecular complexity index is 1960. The highest BCUT2D eigenvalue weighted by Gasteiger charge is 2.52. The Hall–Kier alpha value is -3.58. The molecule has 0 aromatic heterocycles. The first-order chi connectivity index (χ1) is 34.7. The van der Waals surface area contributed by atoms with Gasteiger partial charge in [0.25, 0.3) is 0 Å². The number of aliphatic hydroxyl groups is 1. The quantitative estimate of drug-likeness (QED) is 0.0248. The van der Waals surface area contributed by atoms with Crippen LogP contribution < -0.4 is 14.8 Å². The second-order valence-electron chi connectivity index (χ2n) is 21.3. The van der Waals surface area contributed by atoms with Gasteiger partial charge in [-0.05, 0) is 105 Å².